The Labute approximate surface area is 189 Å². The van der Waals surface area contributed by atoms with Gasteiger partial charge in [-0.05, 0) is 59.5 Å². The summed E-state index contributed by atoms with van der Waals surface area (Å²) in [4.78, 5) is 29.0. The number of aromatic nitrogens is 4. The van der Waals surface area contributed by atoms with Crippen LogP contribution in [-0.4, -0.2) is 61.1 Å². The molecule has 2 aromatic carbocycles. The van der Waals surface area contributed by atoms with Crippen LogP contribution in [0.3, 0.4) is 0 Å². The minimum atomic E-state index is -0.0985. The van der Waals surface area contributed by atoms with Gasteiger partial charge in [0.1, 0.15) is 0 Å². The third-order valence-electron chi connectivity index (χ3n) is 6.76. The molecule has 0 radical (unpaired) electrons. The van der Waals surface area contributed by atoms with Crippen LogP contribution in [0.2, 0.25) is 0 Å². The van der Waals surface area contributed by atoms with Crippen molar-refractivity contribution in [1.82, 2.24) is 30.2 Å². The average Bonchev–Trinajstić information content (AvgIpc) is 3.53. The second-order valence-corrected chi connectivity index (χ2v) is 8.63. The van der Waals surface area contributed by atoms with Gasteiger partial charge in [-0.2, -0.15) is 10.2 Å². The minimum Gasteiger partial charge on any atom is -0.335 e. The van der Waals surface area contributed by atoms with E-state index < -0.39 is 0 Å². The van der Waals surface area contributed by atoms with E-state index in [1.807, 2.05) is 29.3 Å². The fraction of sp³-hybridized carbons (Fsp3) is 0.200. The normalized spacial score (nSPS) is 15.7. The first-order valence-corrected chi connectivity index (χ1v) is 10.9. The van der Waals surface area contributed by atoms with Gasteiger partial charge in [-0.1, -0.05) is 12.6 Å². The number of carbonyl (C=O) groups excluding carboxylic acids is 2. The molecule has 0 saturated carbocycles. The summed E-state index contributed by atoms with van der Waals surface area (Å²) >= 11 is 0. The lowest BCUT2D eigenvalue weighted by Crippen LogP contribution is -2.60. The molecule has 0 spiro atoms. The van der Waals surface area contributed by atoms with Crippen LogP contribution in [-0.2, 0) is 11.3 Å². The Bertz CT molecular complexity index is 1430. The molecule has 2 aliphatic heterocycles. The van der Waals surface area contributed by atoms with Crippen LogP contribution in [0.5, 0.6) is 0 Å². The highest BCUT2D eigenvalue weighted by Crippen LogP contribution is 2.40. The van der Waals surface area contributed by atoms with E-state index in [-0.39, 0.29) is 17.9 Å². The number of carbonyl (C=O) groups is 2. The topological polar surface area (TPSA) is 98.0 Å². The van der Waals surface area contributed by atoms with Crippen molar-refractivity contribution in [2.45, 2.75) is 19.5 Å². The first-order valence-electron chi connectivity index (χ1n) is 10.9. The highest BCUT2D eigenvalue weighted by atomic mass is 16.2. The van der Waals surface area contributed by atoms with Crippen LogP contribution < -0.4 is 0 Å². The van der Waals surface area contributed by atoms with Crippen LogP contribution in [0.1, 0.15) is 21.5 Å². The van der Waals surface area contributed by atoms with Crippen LogP contribution >= 0.6 is 0 Å². The van der Waals surface area contributed by atoms with E-state index in [9.17, 15) is 9.59 Å². The standard InChI is InChI=1S/C25H22N6O2/c1-3-23(32)30-11-16(12-30)31-13-20-17(22-6-7-26-28-22)8-15(9-18(20)25(31)33)24-14(2)4-5-21-19(24)10-27-29-21/h3-10,16H,1,11-13H2,2H3,(H,26,28)(H,27,29). The zero-order chi connectivity index (χ0) is 22.7. The predicted octanol–water partition coefficient (Wildman–Crippen LogP) is 3.28. The van der Waals surface area contributed by atoms with Gasteiger partial charge >= 0.3 is 0 Å². The van der Waals surface area contributed by atoms with Gasteiger partial charge in [-0.15, -0.1) is 0 Å². The molecular formula is C25H22N6O2. The molecule has 164 valence electrons. The molecule has 2 aliphatic rings. The molecule has 0 bridgehead atoms. The number of aryl methyl sites for hydroxylation is 1. The van der Waals surface area contributed by atoms with Crippen molar-refractivity contribution in [3.63, 3.8) is 0 Å². The van der Waals surface area contributed by atoms with Crippen LogP contribution in [0.4, 0.5) is 0 Å². The minimum absolute atomic E-state index is 0.00308. The third kappa shape index (κ3) is 2.91. The molecule has 2 N–H and O–H groups in total. The number of nitrogens with one attached hydrogen (secondary N) is 2. The molecule has 0 aliphatic carbocycles. The monoisotopic (exact) mass is 438 g/mol. The lowest BCUT2D eigenvalue weighted by atomic mass is 9.90. The molecule has 0 atom stereocenters. The maximum Gasteiger partial charge on any atom is 0.254 e. The first-order chi connectivity index (χ1) is 16.0. The number of aromatic amines is 2. The number of benzene rings is 2. The van der Waals surface area contributed by atoms with E-state index in [0.29, 0.717) is 25.2 Å². The summed E-state index contributed by atoms with van der Waals surface area (Å²) in [6.07, 6.45) is 4.93. The lowest BCUT2D eigenvalue weighted by molar-refractivity contribution is -0.132. The van der Waals surface area contributed by atoms with Crippen molar-refractivity contribution in [2.24, 2.45) is 0 Å². The Morgan fingerprint density at radius 3 is 2.79 bits per heavy atom. The van der Waals surface area contributed by atoms with Gasteiger partial charge in [0, 0.05) is 42.3 Å². The zero-order valence-electron chi connectivity index (χ0n) is 18.1. The largest absolute Gasteiger partial charge is 0.335 e. The SMILES string of the molecule is C=CC(=O)N1CC(N2Cc3c(cc(-c4c(C)ccc5[nH]ncc45)cc3-c3cc[nH]n3)C2=O)C1. The Balaban J connectivity index is 1.46. The first kappa shape index (κ1) is 19.5. The van der Waals surface area contributed by atoms with Gasteiger partial charge in [0.25, 0.3) is 5.91 Å². The number of likely N-dealkylation sites (tertiary alicyclic amines) is 1. The van der Waals surface area contributed by atoms with Crippen molar-refractivity contribution < 1.29 is 9.59 Å². The van der Waals surface area contributed by atoms with Gasteiger partial charge in [0.15, 0.2) is 0 Å². The quantitative estimate of drug-likeness (QED) is 0.478. The lowest BCUT2D eigenvalue weighted by Gasteiger charge is -2.43. The maximum atomic E-state index is 13.5. The maximum absolute atomic E-state index is 13.5. The van der Waals surface area contributed by atoms with E-state index in [1.54, 1.807) is 11.1 Å². The van der Waals surface area contributed by atoms with E-state index in [1.165, 1.54) is 6.08 Å². The van der Waals surface area contributed by atoms with Gasteiger partial charge in [0.05, 0.1) is 23.4 Å². The van der Waals surface area contributed by atoms with Crippen molar-refractivity contribution in [3.8, 4) is 22.4 Å². The Morgan fingerprint density at radius 1 is 1.21 bits per heavy atom. The number of nitrogens with zero attached hydrogens (tertiary/aromatic N) is 4. The highest BCUT2D eigenvalue weighted by molar-refractivity contribution is 6.04. The number of amides is 2. The molecule has 1 fully saturated rings. The number of H-pyrrole nitrogens is 2. The van der Waals surface area contributed by atoms with Gasteiger partial charge < -0.3 is 9.80 Å². The second-order valence-electron chi connectivity index (χ2n) is 8.63. The molecule has 4 aromatic rings. The highest BCUT2D eigenvalue weighted by Gasteiger charge is 2.41. The van der Waals surface area contributed by atoms with E-state index in [4.69, 9.17) is 0 Å². The van der Waals surface area contributed by atoms with E-state index in [2.05, 4.69) is 46.0 Å². The molecule has 2 aromatic heterocycles. The van der Waals surface area contributed by atoms with Crippen LogP contribution in [0.25, 0.3) is 33.3 Å². The predicted molar refractivity (Wildman–Crippen MR) is 124 cm³/mol. The smallest absolute Gasteiger partial charge is 0.254 e. The van der Waals surface area contributed by atoms with Crippen molar-refractivity contribution in [2.75, 3.05) is 13.1 Å². The molecule has 0 unspecified atom stereocenters. The van der Waals surface area contributed by atoms with Crippen LogP contribution in [0, 0.1) is 6.92 Å². The van der Waals surface area contributed by atoms with Gasteiger partial charge in [0.2, 0.25) is 5.91 Å². The summed E-state index contributed by atoms with van der Waals surface area (Å²) < 4.78 is 0. The van der Waals surface area contributed by atoms with Gasteiger partial charge in [-0.3, -0.25) is 19.8 Å². The van der Waals surface area contributed by atoms with Crippen molar-refractivity contribution >= 4 is 22.7 Å². The van der Waals surface area contributed by atoms with Gasteiger partial charge in [-0.25, -0.2) is 0 Å². The Hall–Kier alpha value is -4.20. The Kier molecular flexibility index (Phi) is 4.23. The summed E-state index contributed by atoms with van der Waals surface area (Å²) in [6, 6.07) is 10.1. The molecule has 2 amide bonds. The number of rotatable bonds is 4. The summed E-state index contributed by atoms with van der Waals surface area (Å²) in [6.45, 7) is 7.18. The summed E-state index contributed by atoms with van der Waals surface area (Å²) in [5.74, 6) is -0.102. The number of hydrogen-bond donors (Lipinski definition) is 2. The van der Waals surface area contributed by atoms with E-state index in [0.717, 1.165) is 44.4 Å². The molecule has 8 heteroatoms. The van der Waals surface area contributed by atoms with Crippen molar-refractivity contribution in [3.05, 3.63) is 72.1 Å². The third-order valence-corrected chi connectivity index (χ3v) is 6.76. The fourth-order valence-corrected chi connectivity index (χ4v) is 4.98. The summed E-state index contributed by atoms with van der Waals surface area (Å²) in [5, 5.41) is 15.6. The van der Waals surface area contributed by atoms with Crippen LogP contribution in [0.15, 0.2) is 55.4 Å². The van der Waals surface area contributed by atoms with Crippen molar-refractivity contribution in [1.29, 1.82) is 0 Å². The number of fused-ring (bicyclic) bond motifs is 2. The molecule has 8 nitrogen and oxygen atoms in total. The van der Waals surface area contributed by atoms with E-state index >= 15 is 0 Å². The fourth-order valence-electron chi connectivity index (χ4n) is 4.98. The average molecular weight is 438 g/mol. The summed E-state index contributed by atoms with van der Waals surface area (Å²) in [7, 11) is 0. The molecule has 6 rings (SSSR count). The number of hydrogen-bond acceptors (Lipinski definition) is 4. The Morgan fingerprint density at radius 2 is 2.03 bits per heavy atom. The molecular weight excluding hydrogens is 416 g/mol. The molecule has 1 saturated heterocycles. The molecule has 33 heavy (non-hydrogen) atoms. The summed E-state index contributed by atoms with van der Waals surface area (Å²) in [5.41, 5.74) is 7.49. The molecule has 4 heterocycles. The second kappa shape index (κ2) is 7.16. The zero-order valence-corrected chi connectivity index (χ0v) is 18.1.